The standard InChI is InChI=1S/C10H18O3S2/c1-3-10(11)13-6-9-15-8-5-12-4-7-14-2/h1-9H2. The smallest absolute Gasteiger partial charge is 0.305 e. The van der Waals surface area contributed by atoms with E-state index in [2.05, 4.69) is 13.2 Å². The Morgan fingerprint density at radius 1 is 1.13 bits per heavy atom. The molecule has 0 bridgehead atoms. The molecule has 0 saturated carbocycles. The van der Waals surface area contributed by atoms with Gasteiger partial charge in [0.05, 0.1) is 13.2 Å². The molecule has 0 aromatic heterocycles. The third kappa shape index (κ3) is 12.1. The van der Waals surface area contributed by atoms with Crippen LogP contribution >= 0.6 is 23.5 Å². The maximum absolute atomic E-state index is 10.7. The molecule has 0 aromatic rings. The van der Waals surface area contributed by atoms with E-state index in [1.807, 2.05) is 0 Å². The molecule has 0 aromatic carbocycles. The lowest BCUT2D eigenvalue weighted by molar-refractivity contribution is -0.141. The van der Waals surface area contributed by atoms with Gasteiger partial charge in [-0.1, -0.05) is 0 Å². The molecule has 0 aliphatic carbocycles. The predicted octanol–water partition coefficient (Wildman–Crippen LogP) is 2.03. The Bertz CT molecular complexity index is 154. The number of carbonyl (C=O) groups is 1. The fourth-order valence-electron chi connectivity index (χ4n) is 0.726. The van der Waals surface area contributed by atoms with Gasteiger partial charge in [-0.15, -0.1) is 0 Å². The van der Waals surface area contributed by atoms with Crippen molar-refractivity contribution in [3.05, 3.63) is 13.2 Å². The summed E-state index contributed by atoms with van der Waals surface area (Å²) in [4.78, 5) is 10.7. The average Bonchev–Trinajstić information content (AvgIpc) is 2.26. The maximum atomic E-state index is 10.7. The molecule has 88 valence electrons. The van der Waals surface area contributed by atoms with Gasteiger partial charge in [-0.05, 0) is 6.92 Å². The number of carbonyl (C=O) groups excluding carboxylic acids is 1. The molecule has 2 radical (unpaired) electrons. The van der Waals surface area contributed by atoms with E-state index in [0.717, 1.165) is 30.5 Å². The summed E-state index contributed by atoms with van der Waals surface area (Å²) in [6.07, 6.45) is 3.85. The summed E-state index contributed by atoms with van der Waals surface area (Å²) < 4.78 is 10.2. The van der Waals surface area contributed by atoms with Gasteiger partial charge < -0.3 is 9.47 Å². The highest BCUT2D eigenvalue weighted by Crippen LogP contribution is 2.00. The lowest BCUT2D eigenvalue weighted by Crippen LogP contribution is -2.07. The van der Waals surface area contributed by atoms with Gasteiger partial charge in [-0.3, -0.25) is 4.79 Å². The molecule has 15 heavy (non-hydrogen) atoms. The van der Waals surface area contributed by atoms with Crippen molar-refractivity contribution in [2.75, 3.05) is 37.1 Å². The molecule has 0 N–H and O–H groups in total. The van der Waals surface area contributed by atoms with Crippen molar-refractivity contribution < 1.29 is 14.3 Å². The van der Waals surface area contributed by atoms with Crippen LogP contribution in [0.2, 0.25) is 0 Å². The Hall–Kier alpha value is 0.130. The Morgan fingerprint density at radius 3 is 2.47 bits per heavy atom. The van der Waals surface area contributed by atoms with Crippen molar-refractivity contribution in [2.24, 2.45) is 0 Å². The average molecular weight is 250 g/mol. The third-order valence-electron chi connectivity index (χ3n) is 1.44. The fraction of sp³-hybridized carbons (Fsp3) is 0.700. The second-order valence-electron chi connectivity index (χ2n) is 2.60. The molecule has 5 heteroatoms. The molecule has 0 unspecified atom stereocenters. The van der Waals surface area contributed by atoms with Gasteiger partial charge in [0.2, 0.25) is 0 Å². The van der Waals surface area contributed by atoms with Crippen molar-refractivity contribution in [3.63, 3.8) is 0 Å². The number of esters is 1. The summed E-state index contributed by atoms with van der Waals surface area (Å²) in [5, 5.41) is 0. The number of hydrogen-bond donors (Lipinski definition) is 0. The minimum Gasteiger partial charge on any atom is -0.465 e. The molecule has 0 rings (SSSR count). The van der Waals surface area contributed by atoms with Crippen molar-refractivity contribution in [3.8, 4) is 0 Å². The quantitative estimate of drug-likeness (QED) is 0.438. The summed E-state index contributed by atoms with van der Waals surface area (Å²) in [5.74, 6) is 2.45. The molecule has 0 atom stereocenters. The van der Waals surface area contributed by atoms with Gasteiger partial charge in [0.15, 0.2) is 0 Å². The predicted molar refractivity (Wildman–Crippen MR) is 66.9 cm³/mol. The normalized spacial score (nSPS) is 10.3. The van der Waals surface area contributed by atoms with Crippen molar-refractivity contribution in [1.82, 2.24) is 0 Å². The first-order chi connectivity index (χ1) is 7.31. The summed E-state index contributed by atoms with van der Waals surface area (Å²) >= 11 is 3.25. The van der Waals surface area contributed by atoms with E-state index in [1.54, 1.807) is 11.8 Å². The van der Waals surface area contributed by atoms with E-state index in [9.17, 15) is 4.79 Å². The first kappa shape index (κ1) is 15.1. The number of hydrogen-bond acceptors (Lipinski definition) is 5. The van der Waals surface area contributed by atoms with Crippen LogP contribution in [0.5, 0.6) is 0 Å². The van der Waals surface area contributed by atoms with Gasteiger partial charge in [0.1, 0.15) is 6.61 Å². The second-order valence-corrected chi connectivity index (χ2v) is 4.64. The van der Waals surface area contributed by atoms with Crippen LogP contribution in [0.3, 0.4) is 0 Å². The lowest BCUT2D eigenvalue weighted by Gasteiger charge is -2.04. The topological polar surface area (TPSA) is 35.5 Å². The molecular formula is C10H18O3S2. The van der Waals surface area contributed by atoms with Crippen molar-refractivity contribution in [1.29, 1.82) is 0 Å². The number of thioether (sulfide) groups is 2. The van der Waals surface area contributed by atoms with E-state index in [1.165, 1.54) is 11.8 Å². The molecule has 0 aliphatic heterocycles. The minimum absolute atomic E-state index is 0.205. The molecular weight excluding hydrogens is 232 g/mol. The van der Waals surface area contributed by atoms with Crippen molar-refractivity contribution >= 4 is 29.5 Å². The highest BCUT2D eigenvalue weighted by Gasteiger charge is 1.97. The zero-order valence-corrected chi connectivity index (χ0v) is 10.5. The van der Waals surface area contributed by atoms with E-state index >= 15 is 0 Å². The summed E-state index contributed by atoms with van der Waals surface area (Å²) in [6, 6.07) is 0. The fourth-order valence-corrected chi connectivity index (χ4v) is 1.60. The summed E-state index contributed by atoms with van der Waals surface area (Å²) in [5.41, 5.74) is 0. The molecule has 0 fully saturated rings. The summed E-state index contributed by atoms with van der Waals surface area (Å²) in [7, 11) is 0. The Labute approximate surface area is 101 Å². The highest BCUT2D eigenvalue weighted by molar-refractivity contribution is 8.00. The van der Waals surface area contributed by atoms with Crippen LogP contribution in [0.4, 0.5) is 0 Å². The van der Waals surface area contributed by atoms with Gasteiger partial charge in [0.25, 0.3) is 0 Å². The maximum Gasteiger partial charge on any atom is 0.305 e. The van der Waals surface area contributed by atoms with Crippen LogP contribution in [0.1, 0.15) is 6.42 Å². The van der Waals surface area contributed by atoms with Crippen LogP contribution in [0.15, 0.2) is 0 Å². The Kier molecular flexibility index (Phi) is 12.3. The van der Waals surface area contributed by atoms with Crippen LogP contribution in [-0.4, -0.2) is 43.0 Å². The first-order valence-corrected chi connectivity index (χ1v) is 7.09. The molecule has 3 nitrogen and oxygen atoms in total. The van der Waals surface area contributed by atoms with Crippen LogP contribution in [-0.2, 0) is 14.3 Å². The zero-order valence-electron chi connectivity index (χ0n) is 8.91. The van der Waals surface area contributed by atoms with E-state index in [-0.39, 0.29) is 12.4 Å². The van der Waals surface area contributed by atoms with Crippen LogP contribution < -0.4 is 0 Å². The molecule has 0 heterocycles. The monoisotopic (exact) mass is 250 g/mol. The van der Waals surface area contributed by atoms with Gasteiger partial charge in [-0.2, -0.15) is 23.5 Å². The molecule has 0 spiro atoms. The number of rotatable bonds is 10. The Balaban J connectivity index is 2.95. The van der Waals surface area contributed by atoms with Crippen LogP contribution in [0.25, 0.3) is 0 Å². The first-order valence-electron chi connectivity index (χ1n) is 4.78. The van der Waals surface area contributed by atoms with Gasteiger partial charge in [0, 0.05) is 29.9 Å². The number of ether oxygens (including phenoxy) is 2. The van der Waals surface area contributed by atoms with Crippen LogP contribution in [0, 0.1) is 13.2 Å². The SMILES string of the molecule is [CH2]CC(=O)OCCSCCOCCS[CH2]. The van der Waals surface area contributed by atoms with Crippen molar-refractivity contribution in [2.45, 2.75) is 6.42 Å². The molecule has 0 saturated heterocycles. The van der Waals surface area contributed by atoms with Gasteiger partial charge in [-0.25, -0.2) is 0 Å². The summed E-state index contributed by atoms with van der Waals surface area (Å²) in [6.45, 7) is 5.40. The lowest BCUT2D eigenvalue weighted by atomic mass is 10.5. The highest BCUT2D eigenvalue weighted by atomic mass is 32.2. The van der Waals surface area contributed by atoms with Gasteiger partial charge >= 0.3 is 5.97 Å². The molecule has 0 aliphatic rings. The minimum atomic E-state index is -0.237. The Morgan fingerprint density at radius 2 is 1.80 bits per heavy atom. The van der Waals surface area contributed by atoms with E-state index in [0.29, 0.717) is 6.61 Å². The van der Waals surface area contributed by atoms with E-state index in [4.69, 9.17) is 9.47 Å². The molecule has 0 amide bonds. The zero-order chi connectivity index (χ0) is 11.4. The largest absolute Gasteiger partial charge is 0.465 e. The third-order valence-corrected chi connectivity index (χ3v) is 2.80. The second kappa shape index (κ2) is 12.2. The van der Waals surface area contributed by atoms with E-state index < -0.39 is 0 Å².